The zero-order chi connectivity index (χ0) is 13.0. The molecule has 0 spiro atoms. The van der Waals surface area contributed by atoms with E-state index in [9.17, 15) is 4.79 Å². The Labute approximate surface area is 111 Å². The van der Waals surface area contributed by atoms with E-state index < -0.39 is 0 Å². The van der Waals surface area contributed by atoms with Crippen molar-refractivity contribution >= 4 is 17.4 Å². The van der Waals surface area contributed by atoms with Crippen LogP contribution in [0.2, 0.25) is 5.02 Å². The Hall–Kier alpha value is -1.64. The molecule has 2 aromatic carbocycles. The Morgan fingerprint density at radius 2 is 1.67 bits per heavy atom. The molecule has 0 saturated heterocycles. The van der Waals surface area contributed by atoms with Gasteiger partial charge in [0.15, 0.2) is 5.78 Å². The van der Waals surface area contributed by atoms with Crippen LogP contribution in [0.15, 0.2) is 54.6 Å². The van der Waals surface area contributed by atoms with Gasteiger partial charge < -0.3 is 5.73 Å². The number of carbonyl (C=O) groups excluding carboxylic acids is 1. The van der Waals surface area contributed by atoms with E-state index in [2.05, 4.69) is 0 Å². The minimum Gasteiger partial charge on any atom is -0.324 e. The van der Waals surface area contributed by atoms with E-state index in [0.29, 0.717) is 10.6 Å². The van der Waals surface area contributed by atoms with E-state index in [1.54, 1.807) is 24.3 Å². The Morgan fingerprint density at radius 1 is 1.06 bits per heavy atom. The number of hydrogen-bond donors (Lipinski definition) is 1. The molecule has 2 N–H and O–H groups in total. The molecule has 1 unspecified atom stereocenters. The van der Waals surface area contributed by atoms with Crippen molar-refractivity contribution in [1.29, 1.82) is 0 Å². The van der Waals surface area contributed by atoms with E-state index in [-0.39, 0.29) is 18.2 Å². The van der Waals surface area contributed by atoms with Gasteiger partial charge in [-0.2, -0.15) is 0 Å². The van der Waals surface area contributed by atoms with Crippen molar-refractivity contribution in [1.82, 2.24) is 0 Å². The molecule has 0 aliphatic heterocycles. The lowest BCUT2D eigenvalue weighted by atomic mass is 9.99. The van der Waals surface area contributed by atoms with Crippen molar-refractivity contribution in [3.05, 3.63) is 70.7 Å². The van der Waals surface area contributed by atoms with Crippen LogP contribution in [0, 0.1) is 0 Å². The van der Waals surface area contributed by atoms with Crippen LogP contribution in [-0.4, -0.2) is 5.78 Å². The third-order valence-corrected chi connectivity index (χ3v) is 3.14. The van der Waals surface area contributed by atoms with Crippen LogP contribution in [0.5, 0.6) is 0 Å². The van der Waals surface area contributed by atoms with Gasteiger partial charge in [-0.15, -0.1) is 0 Å². The Bertz CT molecular complexity index is 539. The molecule has 0 fully saturated rings. The van der Waals surface area contributed by atoms with Gasteiger partial charge in [0.2, 0.25) is 0 Å². The maximum absolute atomic E-state index is 12.1. The molecule has 0 radical (unpaired) electrons. The van der Waals surface area contributed by atoms with Crippen LogP contribution in [0.4, 0.5) is 0 Å². The highest BCUT2D eigenvalue weighted by Gasteiger charge is 2.15. The minimum atomic E-state index is -0.296. The van der Waals surface area contributed by atoms with E-state index in [1.807, 2.05) is 30.3 Å². The van der Waals surface area contributed by atoms with Gasteiger partial charge >= 0.3 is 0 Å². The summed E-state index contributed by atoms with van der Waals surface area (Å²) in [5.41, 5.74) is 7.51. The second-order valence-electron chi connectivity index (χ2n) is 4.12. The summed E-state index contributed by atoms with van der Waals surface area (Å²) in [4.78, 5) is 12.1. The van der Waals surface area contributed by atoms with Crippen molar-refractivity contribution in [3.63, 3.8) is 0 Å². The molecule has 2 nitrogen and oxygen atoms in total. The monoisotopic (exact) mass is 259 g/mol. The standard InChI is InChI=1S/C15H14ClNO/c16-13-9-5-4-8-12(13)15(18)10-14(17)11-6-2-1-3-7-11/h1-9,14H,10,17H2. The molecular weight excluding hydrogens is 246 g/mol. The summed E-state index contributed by atoms with van der Waals surface area (Å²) in [6.07, 6.45) is 0.258. The number of Topliss-reactive ketones (excluding diaryl/α,β-unsaturated/α-hetero) is 1. The van der Waals surface area contributed by atoms with Crippen LogP contribution in [-0.2, 0) is 0 Å². The van der Waals surface area contributed by atoms with Crippen molar-refractivity contribution in [2.75, 3.05) is 0 Å². The Morgan fingerprint density at radius 3 is 2.33 bits per heavy atom. The van der Waals surface area contributed by atoms with Gasteiger partial charge in [-0.05, 0) is 17.7 Å². The van der Waals surface area contributed by atoms with Gasteiger partial charge in [-0.1, -0.05) is 54.1 Å². The van der Waals surface area contributed by atoms with Gasteiger partial charge in [0.1, 0.15) is 0 Å². The van der Waals surface area contributed by atoms with E-state index in [0.717, 1.165) is 5.56 Å². The van der Waals surface area contributed by atoms with E-state index in [1.165, 1.54) is 0 Å². The molecule has 3 heteroatoms. The molecule has 2 aromatic rings. The van der Waals surface area contributed by atoms with Crippen LogP contribution in [0.3, 0.4) is 0 Å². The summed E-state index contributed by atoms with van der Waals surface area (Å²) >= 11 is 5.99. The first-order valence-corrected chi connectivity index (χ1v) is 6.14. The normalized spacial score (nSPS) is 12.1. The lowest BCUT2D eigenvalue weighted by Gasteiger charge is -2.11. The quantitative estimate of drug-likeness (QED) is 0.853. The Balaban J connectivity index is 2.11. The van der Waals surface area contributed by atoms with Crippen molar-refractivity contribution < 1.29 is 4.79 Å². The number of hydrogen-bond acceptors (Lipinski definition) is 2. The Kier molecular flexibility index (Phi) is 4.13. The van der Waals surface area contributed by atoms with E-state index in [4.69, 9.17) is 17.3 Å². The summed E-state index contributed by atoms with van der Waals surface area (Å²) in [5, 5.41) is 0.475. The fourth-order valence-electron chi connectivity index (χ4n) is 1.82. The smallest absolute Gasteiger partial charge is 0.166 e. The van der Waals surface area contributed by atoms with Crippen molar-refractivity contribution in [2.45, 2.75) is 12.5 Å². The van der Waals surface area contributed by atoms with Crippen LogP contribution < -0.4 is 5.73 Å². The molecule has 0 heterocycles. The molecular formula is C15H14ClNO. The molecule has 18 heavy (non-hydrogen) atoms. The molecule has 92 valence electrons. The molecule has 1 atom stereocenters. The average molecular weight is 260 g/mol. The first kappa shape index (κ1) is 12.8. The summed E-state index contributed by atoms with van der Waals surface area (Å²) in [7, 11) is 0. The highest BCUT2D eigenvalue weighted by Crippen LogP contribution is 2.21. The summed E-state index contributed by atoms with van der Waals surface area (Å²) < 4.78 is 0. The van der Waals surface area contributed by atoms with Crippen LogP contribution in [0.1, 0.15) is 28.4 Å². The fraction of sp³-hybridized carbons (Fsp3) is 0.133. The minimum absolute atomic E-state index is 0.0306. The second kappa shape index (κ2) is 5.80. The summed E-state index contributed by atoms with van der Waals surface area (Å²) in [6, 6.07) is 16.3. The number of halogens is 1. The lowest BCUT2D eigenvalue weighted by molar-refractivity contribution is 0.0974. The van der Waals surface area contributed by atoms with Crippen LogP contribution in [0.25, 0.3) is 0 Å². The summed E-state index contributed by atoms with van der Waals surface area (Å²) in [6.45, 7) is 0. The van der Waals surface area contributed by atoms with Gasteiger partial charge in [0.05, 0.1) is 5.02 Å². The summed E-state index contributed by atoms with van der Waals surface area (Å²) in [5.74, 6) is -0.0306. The van der Waals surface area contributed by atoms with Gasteiger partial charge in [-0.25, -0.2) is 0 Å². The van der Waals surface area contributed by atoms with Gasteiger partial charge in [0, 0.05) is 18.0 Å². The predicted molar refractivity (Wildman–Crippen MR) is 73.8 cm³/mol. The zero-order valence-corrected chi connectivity index (χ0v) is 10.6. The molecule has 0 aliphatic carbocycles. The maximum Gasteiger partial charge on any atom is 0.166 e. The molecule has 0 saturated carbocycles. The SMILES string of the molecule is NC(CC(=O)c1ccccc1Cl)c1ccccc1. The number of benzene rings is 2. The molecule has 0 aliphatic rings. The fourth-order valence-corrected chi connectivity index (χ4v) is 2.06. The van der Waals surface area contributed by atoms with Gasteiger partial charge in [-0.3, -0.25) is 4.79 Å². The first-order valence-electron chi connectivity index (χ1n) is 5.76. The first-order chi connectivity index (χ1) is 8.68. The molecule has 0 bridgehead atoms. The van der Waals surface area contributed by atoms with Gasteiger partial charge in [0.25, 0.3) is 0 Å². The topological polar surface area (TPSA) is 43.1 Å². The van der Waals surface area contributed by atoms with Crippen LogP contribution >= 0.6 is 11.6 Å². The number of rotatable bonds is 4. The second-order valence-corrected chi connectivity index (χ2v) is 4.53. The van der Waals surface area contributed by atoms with Crippen molar-refractivity contribution in [2.24, 2.45) is 5.73 Å². The van der Waals surface area contributed by atoms with Crippen molar-refractivity contribution in [3.8, 4) is 0 Å². The average Bonchev–Trinajstić information content (AvgIpc) is 2.40. The number of ketones is 1. The zero-order valence-electron chi connectivity index (χ0n) is 9.84. The molecule has 0 aromatic heterocycles. The largest absolute Gasteiger partial charge is 0.324 e. The third kappa shape index (κ3) is 2.97. The molecule has 2 rings (SSSR count). The number of carbonyl (C=O) groups is 1. The third-order valence-electron chi connectivity index (χ3n) is 2.81. The lowest BCUT2D eigenvalue weighted by Crippen LogP contribution is -2.15. The predicted octanol–water partition coefficient (Wildman–Crippen LogP) is 3.61. The van der Waals surface area contributed by atoms with E-state index >= 15 is 0 Å². The molecule has 0 amide bonds. The highest BCUT2D eigenvalue weighted by atomic mass is 35.5. The highest BCUT2D eigenvalue weighted by molar-refractivity contribution is 6.33. The number of nitrogens with two attached hydrogens (primary N) is 1. The maximum atomic E-state index is 12.1.